The van der Waals surface area contributed by atoms with Crippen LogP contribution in [-0.2, 0) is 16.0 Å². The molecular formula is C19H22N2O3. The van der Waals surface area contributed by atoms with Crippen LogP contribution in [0.15, 0.2) is 36.5 Å². The van der Waals surface area contributed by atoms with E-state index in [2.05, 4.69) is 10.3 Å². The maximum absolute atomic E-state index is 12.1. The van der Waals surface area contributed by atoms with Crippen LogP contribution in [0.1, 0.15) is 40.0 Å². The first-order valence-corrected chi connectivity index (χ1v) is 7.90. The summed E-state index contributed by atoms with van der Waals surface area (Å²) < 4.78 is 4.79. The molecule has 1 N–H and O–H groups in total. The number of rotatable bonds is 6. The van der Waals surface area contributed by atoms with Gasteiger partial charge in [0.05, 0.1) is 12.7 Å². The van der Waals surface area contributed by atoms with E-state index in [-0.39, 0.29) is 5.91 Å². The van der Waals surface area contributed by atoms with Gasteiger partial charge in [0.15, 0.2) is 0 Å². The van der Waals surface area contributed by atoms with Crippen molar-refractivity contribution in [1.82, 2.24) is 4.98 Å². The van der Waals surface area contributed by atoms with E-state index < -0.39 is 5.97 Å². The van der Waals surface area contributed by atoms with E-state index in [1.165, 1.54) is 7.11 Å². The molecule has 5 heteroatoms. The molecule has 1 aromatic carbocycles. The van der Waals surface area contributed by atoms with Crippen molar-refractivity contribution < 1.29 is 14.3 Å². The topological polar surface area (TPSA) is 68.3 Å². The molecule has 0 bridgehead atoms. The number of esters is 1. The van der Waals surface area contributed by atoms with E-state index >= 15 is 0 Å². The van der Waals surface area contributed by atoms with Crippen LogP contribution >= 0.6 is 0 Å². The molecule has 1 heterocycles. The molecule has 2 aromatic rings. The Balaban J connectivity index is 1.96. The molecule has 0 atom stereocenters. The third-order valence-electron chi connectivity index (χ3n) is 3.92. The number of hydrogen-bond donors (Lipinski definition) is 1. The zero-order valence-electron chi connectivity index (χ0n) is 14.3. The number of carbonyl (C=O) groups is 2. The van der Waals surface area contributed by atoms with Gasteiger partial charge in [0.25, 0.3) is 0 Å². The molecule has 0 unspecified atom stereocenters. The first kappa shape index (κ1) is 17.7. The summed E-state index contributed by atoms with van der Waals surface area (Å²) in [6.45, 7) is 3.76. The van der Waals surface area contributed by atoms with E-state index in [4.69, 9.17) is 4.74 Å². The molecule has 0 fully saturated rings. The van der Waals surface area contributed by atoms with E-state index in [9.17, 15) is 9.59 Å². The summed E-state index contributed by atoms with van der Waals surface area (Å²) >= 11 is 0. The molecule has 1 aromatic heterocycles. The number of carbonyl (C=O) groups excluding carboxylic acids is 2. The van der Waals surface area contributed by atoms with Crippen molar-refractivity contribution in [2.75, 3.05) is 12.4 Å². The number of hydrogen-bond acceptors (Lipinski definition) is 4. The van der Waals surface area contributed by atoms with Gasteiger partial charge in [0.1, 0.15) is 0 Å². The molecule has 0 aliphatic rings. The molecule has 2 rings (SSSR count). The average molecular weight is 326 g/mol. The van der Waals surface area contributed by atoms with Gasteiger partial charge in [-0.1, -0.05) is 6.07 Å². The molecular weight excluding hydrogens is 304 g/mol. The van der Waals surface area contributed by atoms with Gasteiger partial charge in [-0.2, -0.15) is 0 Å². The second kappa shape index (κ2) is 8.24. The number of ether oxygens (including phenoxy) is 1. The van der Waals surface area contributed by atoms with Crippen molar-refractivity contribution in [1.29, 1.82) is 0 Å². The number of aromatic nitrogens is 1. The Morgan fingerprint density at radius 2 is 2.00 bits per heavy atom. The number of anilines is 1. The van der Waals surface area contributed by atoms with Crippen molar-refractivity contribution in [3.8, 4) is 0 Å². The van der Waals surface area contributed by atoms with Crippen LogP contribution in [0.3, 0.4) is 0 Å². The highest BCUT2D eigenvalue weighted by atomic mass is 16.5. The highest BCUT2D eigenvalue weighted by Crippen LogP contribution is 2.21. The summed E-state index contributed by atoms with van der Waals surface area (Å²) in [5.41, 5.74) is 3.85. The Bertz CT molecular complexity index is 727. The van der Waals surface area contributed by atoms with Crippen molar-refractivity contribution >= 4 is 17.6 Å². The number of pyridine rings is 1. The first-order chi connectivity index (χ1) is 11.5. The third kappa shape index (κ3) is 4.65. The SMILES string of the molecule is COC(=O)c1cc(NC(=O)CCCc2ccccn2)cc(C)c1C. The molecule has 0 saturated heterocycles. The number of amides is 1. The quantitative estimate of drug-likeness (QED) is 0.826. The van der Waals surface area contributed by atoms with Gasteiger partial charge in [-0.3, -0.25) is 9.78 Å². The number of nitrogens with zero attached hydrogens (tertiary/aromatic N) is 1. The Kier molecular flexibility index (Phi) is 6.07. The Morgan fingerprint density at radius 3 is 2.67 bits per heavy atom. The summed E-state index contributed by atoms with van der Waals surface area (Å²) in [7, 11) is 1.35. The van der Waals surface area contributed by atoms with Crippen LogP contribution in [0.4, 0.5) is 5.69 Å². The van der Waals surface area contributed by atoms with E-state index in [1.54, 1.807) is 12.3 Å². The van der Waals surface area contributed by atoms with Gasteiger partial charge < -0.3 is 10.1 Å². The van der Waals surface area contributed by atoms with Crippen LogP contribution in [0, 0.1) is 13.8 Å². The normalized spacial score (nSPS) is 10.3. The fourth-order valence-corrected chi connectivity index (χ4v) is 2.45. The summed E-state index contributed by atoms with van der Waals surface area (Å²) in [5, 5.41) is 2.85. The van der Waals surface area contributed by atoms with Crippen LogP contribution in [0.5, 0.6) is 0 Å². The van der Waals surface area contributed by atoms with Gasteiger partial charge in [-0.05, 0) is 62.1 Å². The smallest absolute Gasteiger partial charge is 0.338 e. The minimum absolute atomic E-state index is 0.0787. The Labute approximate surface area is 142 Å². The summed E-state index contributed by atoms with van der Waals surface area (Å²) in [6.07, 6.45) is 3.63. The highest BCUT2D eigenvalue weighted by molar-refractivity contribution is 5.96. The zero-order chi connectivity index (χ0) is 17.5. The number of aryl methyl sites for hydroxylation is 2. The minimum atomic E-state index is -0.401. The number of methoxy groups -OCH3 is 1. The molecule has 0 spiro atoms. The van der Waals surface area contributed by atoms with Crippen LogP contribution in [0.2, 0.25) is 0 Å². The van der Waals surface area contributed by atoms with E-state index in [0.29, 0.717) is 17.7 Å². The van der Waals surface area contributed by atoms with Gasteiger partial charge in [0.2, 0.25) is 5.91 Å². The predicted molar refractivity (Wildman–Crippen MR) is 93.1 cm³/mol. The third-order valence-corrected chi connectivity index (χ3v) is 3.92. The first-order valence-electron chi connectivity index (χ1n) is 7.90. The molecule has 126 valence electrons. The molecule has 24 heavy (non-hydrogen) atoms. The van der Waals surface area contributed by atoms with Crippen LogP contribution in [-0.4, -0.2) is 24.0 Å². The molecule has 0 aliphatic carbocycles. The lowest BCUT2D eigenvalue weighted by molar-refractivity contribution is -0.116. The van der Waals surface area contributed by atoms with Gasteiger partial charge in [-0.15, -0.1) is 0 Å². The van der Waals surface area contributed by atoms with E-state index in [0.717, 1.165) is 29.7 Å². The molecule has 0 radical (unpaired) electrons. The van der Waals surface area contributed by atoms with Crippen molar-refractivity contribution in [3.63, 3.8) is 0 Å². The largest absolute Gasteiger partial charge is 0.465 e. The summed E-state index contributed by atoms with van der Waals surface area (Å²) in [6, 6.07) is 9.27. The van der Waals surface area contributed by atoms with E-state index in [1.807, 2.05) is 38.1 Å². The van der Waals surface area contributed by atoms with Crippen LogP contribution < -0.4 is 5.32 Å². The van der Waals surface area contributed by atoms with Crippen LogP contribution in [0.25, 0.3) is 0 Å². The van der Waals surface area contributed by atoms with Crippen molar-refractivity contribution in [3.05, 3.63) is 58.9 Å². The molecule has 5 nitrogen and oxygen atoms in total. The predicted octanol–water partition coefficient (Wildman–Crippen LogP) is 3.45. The molecule has 0 aliphatic heterocycles. The second-order valence-electron chi connectivity index (χ2n) is 5.68. The Hall–Kier alpha value is -2.69. The molecule has 1 amide bonds. The van der Waals surface area contributed by atoms with Gasteiger partial charge in [0, 0.05) is 24.0 Å². The summed E-state index contributed by atoms with van der Waals surface area (Å²) in [4.78, 5) is 28.2. The maximum atomic E-state index is 12.1. The number of nitrogens with one attached hydrogen (secondary N) is 1. The van der Waals surface area contributed by atoms with Gasteiger partial charge in [-0.25, -0.2) is 4.79 Å². The lowest BCUT2D eigenvalue weighted by atomic mass is 10.0. The lowest BCUT2D eigenvalue weighted by Crippen LogP contribution is -2.13. The molecule has 0 saturated carbocycles. The fourth-order valence-electron chi connectivity index (χ4n) is 2.45. The standard InChI is InChI=1S/C19H22N2O3/c1-13-11-16(12-17(14(13)2)19(23)24-3)21-18(22)9-6-8-15-7-4-5-10-20-15/h4-5,7,10-12H,6,8-9H2,1-3H3,(H,21,22). The number of benzene rings is 1. The Morgan fingerprint density at radius 1 is 1.21 bits per heavy atom. The van der Waals surface area contributed by atoms with Crippen molar-refractivity contribution in [2.45, 2.75) is 33.1 Å². The average Bonchev–Trinajstić information content (AvgIpc) is 2.58. The fraction of sp³-hybridized carbons (Fsp3) is 0.316. The maximum Gasteiger partial charge on any atom is 0.338 e. The zero-order valence-corrected chi connectivity index (χ0v) is 14.3. The van der Waals surface area contributed by atoms with Crippen molar-refractivity contribution in [2.24, 2.45) is 0 Å². The van der Waals surface area contributed by atoms with Gasteiger partial charge >= 0.3 is 5.97 Å². The second-order valence-corrected chi connectivity index (χ2v) is 5.68. The highest BCUT2D eigenvalue weighted by Gasteiger charge is 2.13. The summed E-state index contributed by atoms with van der Waals surface area (Å²) in [5.74, 6) is -0.480. The minimum Gasteiger partial charge on any atom is -0.465 e. The lowest BCUT2D eigenvalue weighted by Gasteiger charge is -2.12. The monoisotopic (exact) mass is 326 g/mol.